The summed E-state index contributed by atoms with van der Waals surface area (Å²) in [6.07, 6.45) is 1.16. The molecule has 1 N–H and O–H groups in total. The number of likely N-dealkylation sites (tertiary alicyclic amines) is 1. The van der Waals surface area contributed by atoms with E-state index in [0.29, 0.717) is 34.4 Å². The lowest BCUT2D eigenvalue weighted by Crippen LogP contribution is -2.41. The number of amides is 2. The summed E-state index contributed by atoms with van der Waals surface area (Å²) in [6, 6.07) is 6.63. The number of ether oxygens (including phenoxy) is 1. The molecule has 0 bridgehead atoms. The van der Waals surface area contributed by atoms with Gasteiger partial charge in [0.1, 0.15) is 6.04 Å². The fraction of sp³-hybridized carbons (Fsp3) is 0.278. The van der Waals surface area contributed by atoms with Gasteiger partial charge >= 0.3 is 5.97 Å². The number of halogens is 1. The summed E-state index contributed by atoms with van der Waals surface area (Å²) in [5.41, 5.74) is 0.185. The smallest absolute Gasteiger partial charge is 0.329 e. The molecule has 0 aliphatic carbocycles. The van der Waals surface area contributed by atoms with Crippen LogP contribution in [0.4, 0.5) is 11.4 Å². The van der Waals surface area contributed by atoms with E-state index >= 15 is 0 Å². The molecule has 2 amide bonds. The van der Waals surface area contributed by atoms with Crippen molar-refractivity contribution in [3.8, 4) is 0 Å². The lowest BCUT2D eigenvalue weighted by atomic mass is 10.2. The van der Waals surface area contributed by atoms with Crippen LogP contribution in [0.3, 0.4) is 0 Å². The summed E-state index contributed by atoms with van der Waals surface area (Å²) in [5.74, 6) is -1.45. The van der Waals surface area contributed by atoms with Gasteiger partial charge < -0.3 is 15.0 Å². The molecule has 1 aliphatic rings. The van der Waals surface area contributed by atoms with Crippen LogP contribution in [-0.4, -0.2) is 46.8 Å². The summed E-state index contributed by atoms with van der Waals surface area (Å²) >= 11 is 4.45. The molecule has 1 atom stereocenters. The normalized spacial score (nSPS) is 15.8. The second-order valence-corrected chi connectivity index (χ2v) is 8.01. The number of thiophene rings is 1. The van der Waals surface area contributed by atoms with E-state index in [-0.39, 0.29) is 11.6 Å². The number of nitro groups is 1. The van der Waals surface area contributed by atoms with E-state index in [9.17, 15) is 24.5 Å². The Kier molecular flexibility index (Phi) is 6.60. The van der Waals surface area contributed by atoms with E-state index < -0.39 is 29.4 Å². The Morgan fingerprint density at radius 2 is 2.14 bits per heavy atom. The predicted octanol–water partition coefficient (Wildman–Crippen LogP) is 3.21. The molecular formula is C18H16BrN3O6S. The second-order valence-electron chi connectivity index (χ2n) is 6.21. The lowest BCUT2D eigenvalue weighted by molar-refractivity contribution is -0.384. The fourth-order valence-electron chi connectivity index (χ4n) is 2.93. The number of nitrogens with zero attached hydrogens (tertiary/aromatic N) is 2. The maximum atomic E-state index is 12.5. The van der Waals surface area contributed by atoms with Crippen molar-refractivity contribution in [2.75, 3.05) is 18.5 Å². The van der Waals surface area contributed by atoms with Crippen LogP contribution in [0, 0.1) is 10.1 Å². The molecule has 1 fully saturated rings. The number of rotatable bonds is 6. The minimum absolute atomic E-state index is 0.127. The van der Waals surface area contributed by atoms with Crippen molar-refractivity contribution in [3.05, 3.63) is 55.2 Å². The molecule has 2 aromatic rings. The van der Waals surface area contributed by atoms with Crippen LogP contribution in [0.2, 0.25) is 0 Å². The number of carbonyl (C=O) groups is 3. The Hall–Kier alpha value is -2.79. The molecule has 2 heterocycles. The molecule has 0 radical (unpaired) electrons. The van der Waals surface area contributed by atoms with Gasteiger partial charge in [0.05, 0.1) is 15.5 Å². The molecule has 1 aromatic heterocycles. The van der Waals surface area contributed by atoms with Crippen LogP contribution in [0.1, 0.15) is 22.5 Å². The van der Waals surface area contributed by atoms with Gasteiger partial charge in [-0.3, -0.25) is 19.7 Å². The molecule has 0 saturated carbocycles. The fourth-order valence-corrected chi connectivity index (χ4v) is 4.08. The number of non-ortho nitro benzene ring substituents is 1. The Morgan fingerprint density at radius 1 is 1.34 bits per heavy atom. The number of nitrogens with one attached hydrogen (secondary N) is 1. The third-order valence-corrected chi connectivity index (χ3v) is 5.81. The SMILES string of the molecule is O=C(COC(=O)C1CCCN1C(=O)c1cccs1)Nc1ccc([N+](=O)[O-])cc1Br. The van der Waals surface area contributed by atoms with Crippen LogP contribution < -0.4 is 5.32 Å². The Bertz CT molecular complexity index is 949. The van der Waals surface area contributed by atoms with Crippen molar-refractivity contribution in [1.29, 1.82) is 0 Å². The van der Waals surface area contributed by atoms with Gasteiger partial charge in [0.2, 0.25) is 0 Å². The predicted molar refractivity (Wildman–Crippen MR) is 109 cm³/mol. The first kappa shape index (κ1) is 20.9. The Balaban J connectivity index is 1.55. The Morgan fingerprint density at radius 3 is 2.79 bits per heavy atom. The van der Waals surface area contributed by atoms with Crippen LogP contribution in [0.15, 0.2) is 40.2 Å². The summed E-state index contributed by atoms with van der Waals surface area (Å²) in [7, 11) is 0. The van der Waals surface area contributed by atoms with Gasteiger partial charge in [0.25, 0.3) is 17.5 Å². The van der Waals surface area contributed by atoms with E-state index in [1.165, 1.54) is 34.4 Å². The van der Waals surface area contributed by atoms with E-state index in [0.717, 1.165) is 0 Å². The standard InChI is InChI=1S/C18H16BrN3O6S/c19-12-9-11(22(26)27)5-6-13(12)20-16(23)10-28-18(25)14-3-1-7-21(14)17(24)15-4-2-8-29-15/h2,4-6,8-9,14H,1,3,7,10H2,(H,20,23). The number of anilines is 1. The lowest BCUT2D eigenvalue weighted by Gasteiger charge is -2.22. The van der Waals surface area contributed by atoms with Gasteiger partial charge in [0.15, 0.2) is 6.61 Å². The maximum Gasteiger partial charge on any atom is 0.329 e. The zero-order valence-corrected chi connectivity index (χ0v) is 17.4. The largest absolute Gasteiger partial charge is 0.454 e. The summed E-state index contributed by atoms with van der Waals surface area (Å²) < 4.78 is 5.42. The van der Waals surface area contributed by atoms with Gasteiger partial charge in [-0.05, 0) is 46.3 Å². The quantitative estimate of drug-likeness (QED) is 0.384. The van der Waals surface area contributed by atoms with E-state index in [1.807, 2.05) is 0 Å². The monoisotopic (exact) mass is 481 g/mol. The highest BCUT2D eigenvalue weighted by Gasteiger charge is 2.36. The maximum absolute atomic E-state index is 12.5. The van der Waals surface area contributed by atoms with Gasteiger partial charge in [-0.25, -0.2) is 4.79 Å². The molecule has 1 unspecified atom stereocenters. The Labute approximate surface area is 177 Å². The van der Waals surface area contributed by atoms with Crippen molar-refractivity contribution in [3.63, 3.8) is 0 Å². The van der Waals surface area contributed by atoms with Crippen molar-refractivity contribution in [2.24, 2.45) is 0 Å². The highest BCUT2D eigenvalue weighted by Crippen LogP contribution is 2.27. The number of hydrogen-bond donors (Lipinski definition) is 1. The van der Waals surface area contributed by atoms with Crippen molar-refractivity contribution in [1.82, 2.24) is 4.90 Å². The van der Waals surface area contributed by atoms with Gasteiger partial charge in [-0.2, -0.15) is 0 Å². The molecule has 1 saturated heterocycles. The first-order valence-electron chi connectivity index (χ1n) is 8.61. The van der Waals surface area contributed by atoms with E-state index in [1.54, 1.807) is 17.5 Å². The topological polar surface area (TPSA) is 119 Å². The minimum Gasteiger partial charge on any atom is -0.454 e. The molecule has 29 heavy (non-hydrogen) atoms. The zero-order chi connectivity index (χ0) is 21.0. The molecule has 1 aliphatic heterocycles. The number of benzene rings is 1. The van der Waals surface area contributed by atoms with Crippen LogP contribution >= 0.6 is 27.3 Å². The minimum atomic E-state index is -0.719. The highest BCUT2D eigenvalue weighted by molar-refractivity contribution is 9.10. The van der Waals surface area contributed by atoms with E-state index in [2.05, 4.69) is 21.2 Å². The van der Waals surface area contributed by atoms with Crippen LogP contribution in [-0.2, 0) is 14.3 Å². The second kappa shape index (κ2) is 9.14. The van der Waals surface area contributed by atoms with Crippen LogP contribution in [0.25, 0.3) is 0 Å². The zero-order valence-electron chi connectivity index (χ0n) is 15.0. The number of esters is 1. The van der Waals surface area contributed by atoms with Gasteiger partial charge in [-0.15, -0.1) is 11.3 Å². The first-order chi connectivity index (χ1) is 13.9. The molecule has 152 valence electrons. The summed E-state index contributed by atoms with van der Waals surface area (Å²) in [6.45, 7) is -0.0712. The molecule has 3 rings (SSSR count). The average molecular weight is 482 g/mol. The van der Waals surface area contributed by atoms with Crippen molar-refractivity contribution in [2.45, 2.75) is 18.9 Å². The van der Waals surface area contributed by atoms with Gasteiger partial charge in [-0.1, -0.05) is 6.07 Å². The molecule has 9 nitrogen and oxygen atoms in total. The van der Waals surface area contributed by atoms with Crippen LogP contribution in [0.5, 0.6) is 0 Å². The summed E-state index contributed by atoms with van der Waals surface area (Å²) in [5, 5.41) is 15.1. The van der Waals surface area contributed by atoms with E-state index in [4.69, 9.17) is 4.74 Å². The molecule has 0 spiro atoms. The summed E-state index contributed by atoms with van der Waals surface area (Å²) in [4.78, 5) is 49.2. The first-order valence-corrected chi connectivity index (χ1v) is 10.3. The van der Waals surface area contributed by atoms with Gasteiger partial charge in [0, 0.05) is 23.2 Å². The van der Waals surface area contributed by atoms with Crippen molar-refractivity contribution < 1.29 is 24.0 Å². The third kappa shape index (κ3) is 4.98. The third-order valence-electron chi connectivity index (χ3n) is 4.30. The highest BCUT2D eigenvalue weighted by atomic mass is 79.9. The number of hydrogen-bond acceptors (Lipinski definition) is 7. The average Bonchev–Trinajstić information content (AvgIpc) is 3.39. The molecule has 1 aromatic carbocycles. The number of carbonyl (C=O) groups excluding carboxylic acids is 3. The molecule has 11 heteroatoms. The number of nitro benzene ring substituents is 1. The molecular weight excluding hydrogens is 466 g/mol. The van der Waals surface area contributed by atoms with Crippen molar-refractivity contribution >= 4 is 56.4 Å².